The summed E-state index contributed by atoms with van der Waals surface area (Å²) < 4.78 is 0. The molecular formula is C9H12N2. The van der Waals surface area contributed by atoms with Crippen LogP contribution in [-0.2, 0) is 5.41 Å². The van der Waals surface area contributed by atoms with Crippen molar-refractivity contribution < 1.29 is 0 Å². The summed E-state index contributed by atoms with van der Waals surface area (Å²) in [6.45, 7) is 5.48. The van der Waals surface area contributed by atoms with Gasteiger partial charge in [-0.1, -0.05) is 13.8 Å². The van der Waals surface area contributed by atoms with Gasteiger partial charge in [-0.25, -0.2) is 0 Å². The van der Waals surface area contributed by atoms with Gasteiger partial charge in [-0.05, 0) is 6.07 Å². The minimum atomic E-state index is 0.254. The van der Waals surface area contributed by atoms with Crippen LogP contribution in [0.3, 0.4) is 0 Å². The predicted octanol–water partition coefficient (Wildman–Crippen LogP) is 1.78. The Kier molecular flexibility index (Phi) is 1.19. The molecule has 1 aromatic rings. The van der Waals surface area contributed by atoms with Gasteiger partial charge in [0.1, 0.15) is 0 Å². The van der Waals surface area contributed by atoms with Gasteiger partial charge < -0.3 is 5.32 Å². The molecule has 2 nitrogen and oxygen atoms in total. The summed E-state index contributed by atoms with van der Waals surface area (Å²) in [5.41, 5.74) is 2.83. The first-order chi connectivity index (χ1) is 5.20. The standard InChI is InChI=1S/C9H12N2/c1-9(2)6-11-8-3-4-10-5-7(8)9/h3-5,11H,6H2,1-2H3. The maximum atomic E-state index is 4.11. The fourth-order valence-corrected chi connectivity index (χ4v) is 1.50. The highest BCUT2D eigenvalue weighted by Crippen LogP contribution is 2.34. The second-order valence-electron chi connectivity index (χ2n) is 3.66. The Balaban J connectivity index is 2.56. The monoisotopic (exact) mass is 148 g/mol. The van der Waals surface area contributed by atoms with Gasteiger partial charge >= 0.3 is 0 Å². The van der Waals surface area contributed by atoms with E-state index in [1.165, 1.54) is 11.3 Å². The van der Waals surface area contributed by atoms with Gasteiger partial charge in [-0.3, -0.25) is 4.98 Å². The van der Waals surface area contributed by atoms with Gasteiger partial charge in [0.15, 0.2) is 0 Å². The molecule has 1 aromatic heterocycles. The summed E-state index contributed by atoms with van der Waals surface area (Å²) in [6, 6.07) is 2.03. The molecule has 0 unspecified atom stereocenters. The van der Waals surface area contributed by atoms with E-state index in [0.717, 1.165) is 6.54 Å². The normalized spacial score (nSPS) is 19.1. The highest BCUT2D eigenvalue weighted by molar-refractivity contribution is 5.58. The largest absolute Gasteiger partial charge is 0.384 e. The maximum Gasteiger partial charge on any atom is 0.0410 e. The van der Waals surface area contributed by atoms with Crippen LogP contribution in [0.25, 0.3) is 0 Å². The van der Waals surface area contributed by atoms with Crippen LogP contribution in [0, 0.1) is 0 Å². The van der Waals surface area contributed by atoms with Crippen molar-refractivity contribution in [2.45, 2.75) is 19.3 Å². The average molecular weight is 148 g/mol. The number of anilines is 1. The molecule has 0 aromatic carbocycles. The van der Waals surface area contributed by atoms with E-state index in [-0.39, 0.29) is 5.41 Å². The highest BCUT2D eigenvalue weighted by Gasteiger charge is 2.29. The van der Waals surface area contributed by atoms with E-state index < -0.39 is 0 Å². The molecule has 0 aliphatic carbocycles. The molecule has 0 atom stereocenters. The van der Waals surface area contributed by atoms with Crippen molar-refractivity contribution in [2.24, 2.45) is 0 Å². The number of rotatable bonds is 0. The van der Waals surface area contributed by atoms with E-state index in [4.69, 9.17) is 0 Å². The Bertz CT molecular complexity index is 279. The zero-order valence-electron chi connectivity index (χ0n) is 6.89. The first-order valence-electron chi connectivity index (χ1n) is 3.88. The first kappa shape index (κ1) is 6.65. The summed E-state index contributed by atoms with van der Waals surface area (Å²) in [4.78, 5) is 4.11. The number of aromatic nitrogens is 1. The lowest BCUT2D eigenvalue weighted by atomic mass is 9.88. The van der Waals surface area contributed by atoms with E-state index in [0.29, 0.717) is 0 Å². The second-order valence-corrected chi connectivity index (χ2v) is 3.66. The van der Waals surface area contributed by atoms with Crippen LogP contribution in [0.15, 0.2) is 18.5 Å². The molecule has 0 saturated carbocycles. The number of pyridine rings is 1. The zero-order valence-corrected chi connectivity index (χ0v) is 6.89. The van der Waals surface area contributed by atoms with Crippen molar-refractivity contribution in [1.82, 2.24) is 4.98 Å². The SMILES string of the molecule is CC1(C)CNc2ccncc21. The molecule has 0 saturated heterocycles. The molecule has 0 amide bonds. The summed E-state index contributed by atoms with van der Waals surface area (Å²) in [5.74, 6) is 0. The lowest BCUT2D eigenvalue weighted by Crippen LogP contribution is -2.18. The number of fused-ring (bicyclic) bond motifs is 1. The Morgan fingerprint density at radius 1 is 1.55 bits per heavy atom. The minimum absolute atomic E-state index is 0.254. The van der Waals surface area contributed by atoms with Crippen molar-refractivity contribution in [3.8, 4) is 0 Å². The van der Waals surface area contributed by atoms with Crippen LogP contribution in [-0.4, -0.2) is 11.5 Å². The van der Waals surface area contributed by atoms with Crippen LogP contribution in [0.1, 0.15) is 19.4 Å². The van der Waals surface area contributed by atoms with Crippen LogP contribution in [0.5, 0.6) is 0 Å². The molecule has 2 heterocycles. The quantitative estimate of drug-likeness (QED) is 0.606. The number of hydrogen-bond acceptors (Lipinski definition) is 2. The van der Waals surface area contributed by atoms with Crippen molar-refractivity contribution in [1.29, 1.82) is 0 Å². The van der Waals surface area contributed by atoms with E-state index >= 15 is 0 Å². The van der Waals surface area contributed by atoms with Crippen molar-refractivity contribution in [3.63, 3.8) is 0 Å². The molecule has 11 heavy (non-hydrogen) atoms. The fourth-order valence-electron chi connectivity index (χ4n) is 1.50. The van der Waals surface area contributed by atoms with E-state index in [9.17, 15) is 0 Å². The summed E-state index contributed by atoms with van der Waals surface area (Å²) in [5, 5.41) is 3.35. The lowest BCUT2D eigenvalue weighted by molar-refractivity contribution is 0.584. The molecule has 0 fully saturated rings. The molecule has 2 rings (SSSR count). The van der Waals surface area contributed by atoms with E-state index in [1.54, 1.807) is 0 Å². The summed E-state index contributed by atoms with van der Waals surface area (Å²) >= 11 is 0. The van der Waals surface area contributed by atoms with Crippen molar-refractivity contribution in [3.05, 3.63) is 24.0 Å². The van der Waals surface area contributed by atoms with Gasteiger partial charge in [0.2, 0.25) is 0 Å². The molecule has 0 radical (unpaired) electrons. The van der Waals surface area contributed by atoms with Crippen LogP contribution >= 0.6 is 0 Å². The Hall–Kier alpha value is -1.05. The van der Waals surface area contributed by atoms with Crippen molar-refractivity contribution >= 4 is 5.69 Å². The average Bonchev–Trinajstić information content (AvgIpc) is 2.29. The Morgan fingerprint density at radius 3 is 3.09 bits per heavy atom. The van der Waals surface area contributed by atoms with Gasteiger partial charge in [-0.15, -0.1) is 0 Å². The summed E-state index contributed by atoms with van der Waals surface area (Å²) in [7, 11) is 0. The third kappa shape index (κ3) is 0.897. The molecule has 2 heteroatoms. The van der Waals surface area contributed by atoms with Gasteiger partial charge in [0, 0.05) is 35.6 Å². The second kappa shape index (κ2) is 1.97. The molecule has 1 aliphatic rings. The topological polar surface area (TPSA) is 24.9 Å². The lowest BCUT2D eigenvalue weighted by Gasteiger charge is -2.15. The Morgan fingerprint density at radius 2 is 2.36 bits per heavy atom. The molecular weight excluding hydrogens is 136 g/mol. The summed E-state index contributed by atoms with van der Waals surface area (Å²) in [6.07, 6.45) is 3.78. The number of nitrogens with zero attached hydrogens (tertiary/aromatic N) is 1. The zero-order chi connectivity index (χ0) is 7.90. The minimum Gasteiger partial charge on any atom is -0.384 e. The van der Waals surface area contributed by atoms with E-state index in [2.05, 4.69) is 24.1 Å². The number of nitrogens with one attached hydrogen (secondary N) is 1. The van der Waals surface area contributed by atoms with Crippen LogP contribution < -0.4 is 5.32 Å². The first-order valence-corrected chi connectivity index (χ1v) is 3.88. The molecule has 0 bridgehead atoms. The van der Waals surface area contributed by atoms with Gasteiger partial charge in [-0.2, -0.15) is 0 Å². The predicted molar refractivity (Wildman–Crippen MR) is 45.8 cm³/mol. The molecule has 1 N–H and O–H groups in total. The van der Waals surface area contributed by atoms with Gasteiger partial charge in [0.25, 0.3) is 0 Å². The fraction of sp³-hybridized carbons (Fsp3) is 0.444. The van der Waals surface area contributed by atoms with Crippen LogP contribution in [0.4, 0.5) is 5.69 Å². The molecule has 1 aliphatic heterocycles. The maximum absolute atomic E-state index is 4.11. The third-order valence-corrected chi connectivity index (χ3v) is 2.27. The number of hydrogen-bond donors (Lipinski definition) is 1. The highest BCUT2D eigenvalue weighted by atomic mass is 14.9. The molecule has 58 valence electrons. The third-order valence-electron chi connectivity index (χ3n) is 2.27. The van der Waals surface area contributed by atoms with E-state index in [1.807, 2.05) is 18.5 Å². The smallest absolute Gasteiger partial charge is 0.0410 e. The Labute approximate surface area is 66.7 Å². The van der Waals surface area contributed by atoms with Crippen molar-refractivity contribution in [2.75, 3.05) is 11.9 Å². The molecule has 0 spiro atoms. The van der Waals surface area contributed by atoms with Gasteiger partial charge in [0.05, 0.1) is 0 Å². The van der Waals surface area contributed by atoms with Crippen LogP contribution in [0.2, 0.25) is 0 Å².